The lowest BCUT2D eigenvalue weighted by Crippen LogP contribution is -2.30. The maximum atomic E-state index is 12.5. The number of hydrogen-bond donors (Lipinski definition) is 1. The summed E-state index contributed by atoms with van der Waals surface area (Å²) in [7, 11) is -3.48. The number of likely N-dealkylation sites (N-methyl/N-ethyl adjacent to an activating group) is 1. The molecule has 0 radical (unpaired) electrons. The number of fused-ring (bicyclic) bond motifs is 1. The van der Waals surface area contributed by atoms with Gasteiger partial charge in [-0.2, -0.15) is 4.31 Å². The Hall–Kier alpha value is -2.64. The molecule has 2 aromatic carbocycles. The number of anilines is 2. The van der Waals surface area contributed by atoms with Crippen LogP contribution in [0, 0.1) is 0 Å². The molecule has 0 aliphatic carbocycles. The van der Waals surface area contributed by atoms with Crippen LogP contribution < -0.4 is 10.2 Å². The van der Waals surface area contributed by atoms with Crippen molar-refractivity contribution < 1.29 is 13.2 Å². The van der Waals surface area contributed by atoms with Crippen LogP contribution in [0.2, 0.25) is 0 Å². The molecule has 0 fully saturated rings. The van der Waals surface area contributed by atoms with Gasteiger partial charge in [0.25, 0.3) is 0 Å². The van der Waals surface area contributed by atoms with Gasteiger partial charge in [0.1, 0.15) is 0 Å². The molecule has 1 aliphatic rings. The van der Waals surface area contributed by atoms with Gasteiger partial charge in [-0.15, -0.1) is 0 Å². The molecule has 30 heavy (non-hydrogen) atoms. The van der Waals surface area contributed by atoms with Gasteiger partial charge in [-0.1, -0.05) is 32.0 Å². The van der Waals surface area contributed by atoms with E-state index in [4.69, 9.17) is 0 Å². The van der Waals surface area contributed by atoms with Gasteiger partial charge in [0.2, 0.25) is 15.9 Å². The molecule has 0 saturated carbocycles. The normalized spacial score (nSPS) is 13.8. The second-order valence-electron chi connectivity index (χ2n) is 7.15. The predicted molar refractivity (Wildman–Crippen MR) is 122 cm³/mol. The third-order valence-electron chi connectivity index (χ3n) is 5.38. The van der Waals surface area contributed by atoms with Crippen LogP contribution in [0.4, 0.5) is 11.4 Å². The maximum absolute atomic E-state index is 12.5. The third kappa shape index (κ3) is 4.74. The molecule has 1 N–H and O–H groups in total. The number of carbonyl (C=O) groups excluding carboxylic acids is 1. The van der Waals surface area contributed by atoms with Crippen molar-refractivity contribution >= 4 is 33.4 Å². The SMILES string of the molecule is CCN1CCc2ccc(NC(=O)/C=C/c3ccc(S(=O)(=O)N(CC)CC)cc3)cc21. The molecule has 3 rings (SSSR count). The number of amides is 1. The third-order valence-corrected chi connectivity index (χ3v) is 7.44. The smallest absolute Gasteiger partial charge is 0.248 e. The summed E-state index contributed by atoms with van der Waals surface area (Å²) in [6.45, 7) is 8.59. The minimum Gasteiger partial charge on any atom is -0.371 e. The number of nitrogens with one attached hydrogen (secondary N) is 1. The maximum Gasteiger partial charge on any atom is 0.248 e. The quantitative estimate of drug-likeness (QED) is 0.652. The molecule has 0 unspecified atom stereocenters. The zero-order valence-electron chi connectivity index (χ0n) is 17.8. The van der Waals surface area contributed by atoms with Crippen LogP contribution in [0.25, 0.3) is 6.08 Å². The van der Waals surface area contributed by atoms with Crippen molar-refractivity contribution in [2.24, 2.45) is 0 Å². The Morgan fingerprint density at radius 1 is 1.10 bits per heavy atom. The van der Waals surface area contributed by atoms with Crippen LogP contribution in [0.15, 0.2) is 53.4 Å². The summed E-state index contributed by atoms with van der Waals surface area (Å²) in [5.74, 6) is -0.226. The number of benzene rings is 2. The van der Waals surface area contributed by atoms with E-state index in [1.807, 2.05) is 26.0 Å². The van der Waals surface area contributed by atoms with E-state index >= 15 is 0 Å². The van der Waals surface area contributed by atoms with Crippen molar-refractivity contribution in [1.82, 2.24) is 4.31 Å². The Labute approximate surface area is 179 Å². The average molecular weight is 428 g/mol. The molecule has 0 aromatic heterocycles. The van der Waals surface area contributed by atoms with E-state index in [-0.39, 0.29) is 10.8 Å². The van der Waals surface area contributed by atoms with E-state index in [1.165, 1.54) is 21.6 Å². The van der Waals surface area contributed by atoms with Gasteiger partial charge in [-0.25, -0.2) is 8.42 Å². The van der Waals surface area contributed by atoms with Crippen LogP contribution in [0.1, 0.15) is 31.9 Å². The highest BCUT2D eigenvalue weighted by molar-refractivity contribution is 7.89. The van der Waals surface area contributed by atoms with Crippen LogP contribution in [0.3, 0.4) is 0 Å². The monoisotopic (exact) mass is 427 g/mol. The fraction of sp³-hybridized carbons (Fsp3) is 0.348. The van der Waals surface area contributed by atoms with Gasteiger partial charge in [0.05, 0.1) is 4.90 Å². The van der Waals surface area contributed by atoms with Crippen molar-refractivity contribution in [3.63, 3.8) is 0 Å². The van der Waals surface area contributed by atoms with E-state index in [9.17, 15) is 13.2 Å². The molecule has 0 spiro atoms. The molecule has 0 bridgehead atoms. The summed E-state index contributed by atoms with van der Waals surface area (Å²) in [6.07, 6.45) is 4.17. The lowest BCUT2D eigenvalue weighted by atomic mass is 10.1. The van der Waals surface area contributed by atoms with Crippen LogP contribution in [-0.2, 0) is 21.2 Å². The van der Waals surface area contributed by atoms with Crippen molar-refractivity contribution in [3.05, 3.63) is 59.7 Å². The standard InChI is InChI=1S/C23H29N3O3S/c1-4-25-16-15-19-10-11-20(17-22(19)25)24-23(27)14-9-18-7-12-21(13-8-18)30(28,29)26(5-2)6-3/h7-14,17H,4-6,15-16H2,1-3H3,(H,24,27)/b14-9+. The van der Waals surface area contributed by atoms with Crippen molar-refractivity contribution in [1.29, 1.82) is 0 Å². The first-order valence-corrected chi connectivity index (χ1v) is 11.8. The van der Waals surface area contributed by atoms with Gasteiger partial charge in [0, 0.05) is 43.6 Å². The van der Waals surface area contributed by atoms with E-state index in [0.29, 0.717) is 13.1 Å². The Balaban J connectivity index is 1.66. The Kier molecular flexibility index (Phi) is 6.95. The zero-order valence-corrected chi connectivity index (χ0v) is 18.6. The predicted octanol–water partition coefficient (Wildman–Crippen LogP) is 3.75. The molecule has 0 atom stereocenters. The van der Waals surface area contributed by atoms with Gasteiger partial charge in [0.15, 0.2) is 0 Å². The van der Waals surface area contributed by atoms with E-state index in [0.717, 1.165) is 30.8 Å². The topological polar surface area (TPSA) is 69.7 Å². The number of sulfonamides is 1. The number of carbonyl (C=O) groups is 1. The lowest BCUT2D eigenvalue weighted by Gasteiger charge is -2.18. The van der Waals surface area contributed by atoms with Gasteiger partial charge in [-0.3, -0.25) is 4.79 Å². The first-order chi connectivity index (χ1) is 14.4. The summed E-state index contributed by atoms with van der Waals surface area (Å²) < 4.78 is 26.5. The van der Waals surface area contributed by atoms with Crippen molar-refractivity contribution in [3.8, 4) is 0 Å². The minimum atomic E-state index is -3.48. The summed E-state index contributed by atoms with van der Waals surface area (Å²) >= 11 is 0. The summed E-state index contributed by atoms with van der Waals surface area (Å²) in [5, 5.41) is 2.90. The highest BCUT2D eigenvalue weighted by Gasteiger charge is 2.21. The van der Waals surface area contributed by atoms with Crippen molar-refractivity contribution in [2.45, 2.75) is 32.1 Å². The number of hydrogen-bond acceptors (Lipinski definition) is 4. The van der Waals surface area contributed by atoms with Crippen LogP contribution in [0.5, 0.6) is 0 Å². The molecule has 1 aliphatic heterocycles. The molecular formula is C23H29N3O3S. The summed E-state index contributed by atoms with van der Waals surface area (Å²) in [6, 6.07) is 12.6. The number of nitrogens with zero attached hydrogens (tertiary/aromatic N) is 2. The molecule has 0 saturated heterocycles. The van der Waals surface area contributed by atoms with Gasteiger partial charge < -0.3 is 10.2 Å². The fourth-order valence-corrected chi connectivity index (χ4v) is 5.13. The molecule has 1 heterocycles. The second-order valence-corrected chi connectivity index (χ2v) is 9.09. The van der Waals surface area contributed by atoms with E-state index in [1.54, 1.807) is 30.3 Å². The van der Waals surface area contributed by atoms with Gasteiger partial charge in [-0.05, 0) is 54.8 Å². The molecule has 160 valence electrons. The van der Waals surface area contributed by atoms with Gasteiger partial charge >= 0.3 is 0 Å². The van der Waals surface area contributed by atoms with Crippen LogP contribution >= 0.6 is 0 Å². The first kappa shape index (κ1) is 22.1. The highest BCUT2D eigenvalue weighted by atomic mass is 32.2. The highest BCUT2D eigenvalue weighted by Crippen LogP contribution is 2.30. The summed E-state index contributed by atoms with van der Waals surface area (Å²) in [5.41, 5.74) is 4.02. The zero-order chi connectivity index (χ0) is 21.7. The minimum absolute atomic E-state index is 0.226. The summed E-state index contributed by atoms with van der Waals surface area (Å²) in [4.78, 5) is 14.9. The Morgan fingerprint density at radius 3 is 2.43 bits per heavy atom. The average Bonchev–Trinajstić information content (AvgIpc) is 3.15. The lowest BCUT2D eigenvalue weighted by molar-refractivity contribution is -0.111. The van der Waals surface area contributed by atoms with E-state index in [2.05, 4.69) is 23.2 Å². The van der Waals surface area contributed by atoms with Crippen molar-refractivity contribution in [2.75, 3.05) is 36.4 Å². The largest absolute Gasteiger partial charge is 0.371 e. The Morgan fingerprint density at radius 2 is 1.80 bits per heavy atom. The molecule has 2 aromatic rings. The number of rotatable bonds is 8. The van der Waals surface area contributed by atoms with Crippen LogP contribution in [-0.4, -0.2) is 44.8 Å². The fourth-order valence-electron chi connectivity index (χ4n) is 3.67. The molecular weight excluding hydrogens is 398 g/mol. The molecule has 6 nitrogen and oxygen atoms in total. The molecule has 1 amide bonds. The Bertz CT molecular complexity index is 1030. The van der Waals surface area contributed by atoms with E-state index < -0.39 is 10.0 Å². The first-order valence-electron chi connectivity index (χ1n) is 10.4. The second kappa shape index (κ2) is 9.45. The molecule has 7 heteroatoms.